The van der Waals surface area contributed by atoms with Crippen LogP contribution in [-0.4, -0.2) is 29.1 Å². The van der Waals surface area contributed by atoms with Gasteiger partial charge in [-0.3, -0.25) is 4.79 Å². The van der Waals surface area contributed by atoms with Crippen LogP contribution in [0.3, 0.4) is 0 Å². The molecule has 0 radical (unpaired) electrons. The molecule has 1 amide bonds. The summed E-state index contributed by atoms with van der Waals surface area (Å²) < 4.78 is 6.53. The SMILES string of the molecule is CCOC(=O)C(N)C(=O)NCc1cccn1C. The van der Waals surface area contributed by atoms with Gasteiger partial charge in [0, 0.05) is 18.9 Å². The number of amides is 1. The Bertz CT molecular complexity index is 400. The van der Waals surface area contributed by atoms with Gasteiger partial charge in [0.05, 0.1) is 13.2 Å². The van der Waals surface area contributed by atoms with Gasteiger partial charge in [0.1, 0.15) is 0 Å². The summed E-state index contributed by atoms with van der Waals surface area (Å²) in [6, 6.07) is 2.47. The molecule has 1 unspecified atom stereocenters. The van der Waals surface area contributed by atoms with Crippen molar-refractivity contribution in [2.24, 2.45) is 12.8 Å². The lowest BCUT2D eigenvalue weighted by atomic mass is 10.3. The summed E-state index contributed by atoms with van der Waals surface area (Å²) >= 11 is 0. The lowest BCUT2D eigenvalue weighted by Gasteiger charge is -2.11. The fourth-order valence-electron chi connectivity index (χ4n) is 1.31. The van der Waals surface area contributed by atoms with Crippen LogP contribution in [0.15, 0.2) is 18.3 Å². The molecule has 1 aromatic heterocycles. The molecule has 0 fully saturated rings. The van der Waals surface area contributed by atoms with E-state index in [4.69, 9.17) is 5.73 Å². The number of nitrogens with one attached hydrogen (secondary N) is 1. The molecule has 1 atom stereocenters. The number of aryl methyl sites for hydroxylation is 1. The van der Waals surface area contributed by atoms with Gasteiger partial charge in [0.25, 0.3) is 0 Å². The minimum Gasteiger partial charge on any atom is -0.464 e. The molecule has 0 saturated carbocycles. The van der Waals surface area contributed by atoms with Gasteiger partial charge in [-0.15, -0.1) is 0 Å². The highest BCUT2D eigenvalue weighted by Crippen LogP contribution is 1.98. The van der Waals surface area contributed by atoms with Crippen molar-refractivity contribution in [3.05, 3.63) is 24.0 Å². The van der Waals surface area contributed by atoms with E-state index in [2.05, 4.69) is 10.1 Å². The summed E-state index contributed by atoms with van der Waals surface area (Å²) in [6.45, 7) is 2.19. The van der Waals surface area contributed by atoms with Crippen LogP contribution in [0.1, 0.15) is 12.6 Å². The number of carbonyl (C=O) groups excluding carboxylic acids is 2. The van der Waals surface area contributed by atoms with E-state index in [-0.39, 0.29) is 6.61 Å². The number of nitrogens with zero attached hydrogens (tertiary/aromatic N) is 1. The molecule has 17 heavy (non-hydrogen) atoms. The van der Waals surface area contributed by atoms with Gasteiger partial charge in [-0.2, -0.15) is 0 Å². The largest absolute Gasteiger partial charge is 0.464 e. The molecule has 0 aromatic carbocycles. The summed E-state index contributed by atoms with van der Waals surface area (Å²) in [5, 5.41) is 2.58. The maximum absolute atomic E-state index is 11.5. The van der Waals surface area contributed by atoms with Crippen LogP contribution in [0, 0.1) is 0 Å². The topological polar surface area (TPSA) is 86.3 Å². The van der Waals surface area contributed by atoms with E-state index in [9.17, 15) is 9.59 Å². The maximum Gasteiger partial charge on any atom is 0.332 e. The van der Waals surface area contributed by atoms with Gasteiger partial charge >= 0.3 is 5.97 Å². The Balaban J connectivity index is 2.44. The fourth-order valence-corrected chi connectivity index (χ4v) is 1.31. The Kier molecular flexibility index (Phi) is 4.71. The molecule has 94 valence electrons. The van der Waals surface area contributed by atoms with E-state index in [1.807, 2.05) is 29.9 Å². The molecule has 6 heteroatoms. The lowest BCUT2D eigenvalue weighted by molar-refractivity contribution is -0.148. The number of esters is 1. The second-order valence-corrected chi connectivity index (χ2v) is 3.56. The number of nitrogens with two attached hydrogens (primary N) is 1. The summed E-state index contributed by atoms with van der Waals surface area (Å²) in [4.78, 5) is 22.7. The fraction of sp³-hybridized carbons (Fsp3) is 0.455. The third-order valence-corrected chi connectivity index (χ3v) is 2.32. The van der Waals surface area contributed by atoms with Crippen LogP contribution < -0.4 is 11.1 Å². The highest BCUT2D eigenvalue weighted by atomic mass is 16.5. The number of hydrogen-bond acceptors (Lipinski definition) is 4. The van der Waals surface area contributed by atoms with Crippen LogP contribution in [0.2, 0.25) is 0 Å². The first-order chi connectivity index (χ1) is 8.06. The third-order valence-electron chi connectivity index (χ3n) is 2.32. The molecule has 6 nitrogen and oxygen atoms in total. The Labute approximate surface area is 99.7 Å². The third kappa shape index (κ3) is 3.60. The van der Waals surface area contributed by atoms with Crippen LogP contribution >= 0.6 is 0 Å². The minimum absolute atomic E-state index is 0.206. The van der Waals surface area contributed by atoms with Gasteiger partial charge in [0.2, 0.25) is 5.91 Å². The Morgan fingerprint density at radius 1 is 1.59 bits per heavy atom. The normalized spacial score (nSPS) is 11.9. The number of aromatic nitrogens is 1. The number of rotatable bonds is 5. The van der Waals surface area contributed by atoms with Crippen molar-refractivity contribution in [2.45, 2.75) is 19.5 Å². The van der Waals surface area contributed by atoms with Crippen molar-refractivity contribution in [3.63, 3.8) is 0 Å². The molecular weight excluding hydrogens is 222 g/mol. The molecule has 0 aliphatic carbocycles. The maximum atomic E-state index is 11.5. The highest BCUT2D eigenvalue weighted by Gasteiger charge is 2.22. The zero-order valence-corrected chi connectivity index (χ0v) is 9.97. The molecule has 1 aromatic rings. The molecule has 3 N–H and O–H groups in total. The molecule has 0 saturated heterocycles. The van der Waals surface area contributed by atoms with E-state index in [1.54, 1.807) is 6.92 Å². The molecule has 0 aliphatic heterocycles. The number of carbonyl (C=O) groups is 2. The van der Waals surface area contributed by atoms with Crippen molar-refractivity contribution in [1.82, 2.24) is 9.88 Å². The Hall–Kier alpha value is -1.82. The quantitative estimate of drug-likeness (QED) is 0.537. The van der Waals surface area contributed by atoms with Gasteiger partial charge in [-0.05, 0) is 19.1 Å². The predicted molar refractivity (Wildman–Crippen MR) is 61.9 cm³/mol. The zero-order valence-electron chi connectivity index (χ0n) is 9.97. The van der Waals surface area contributed by atoms with E-state index >= 15 is 0 Å². The second kappa shape index (κ2) is 6.05. The summed E-state index contributed by atoms with van der Waals surface area (Å²) in [6.07, 6.45) is 1.87. The van der Waals surface area contributed by atoms with Crippen LogP contribution in [0.25, 0.3) is 0 Å². The Morgan fingerprint density at radius 3 is 2.82 bits per heavy atom. The molecule has 1 heterocycles. The van der Waals surface area contributed by atoms with E-state index < -0.39 is 17.9 Å². The second-order valence-electron chi connectivity index (χ2n) is 3.56. The highest BCUT2D eigenvalue weighted by molar-refractivity contribution is 6.01. The summed E-state index contributed by atoms with van der Waals surface area (Å²) in [7, 11) is 1.87. The van der Waals surface area contributed by atoms with Crippen molar-refractivity contribution < 1.29 is 14.3 Å². The van der Waals surface area contributed by atoms with Gasteiger partial charge < -0.3 is 20.4 Å². The van der Waals surface area contributed by atoms with Gasteiger partial charge in [-0.25, -0.2) is 4.79 Å². The smallest absolute Gasteiger partial charge is 0.332 e. The zero-order chi connectivity index (χ0) is 12.8. The monoisotopic (exact) mass is 239 g/mol. The molecule has 1 rings (SSSR count). The van der Waals surface area contributed by atoms with Crippen molar-refractivity contribution in [2.75, 3.05) is 6.61 Å². The standard InChI is InChI=1S/C11H17N3O3/c1-3-17-11(16)9(12)10(15)13-7-8-5-4-6-14(8)2/h4-6,9H,3,7,12H2,1-2H3,(H,13,15). The minimum atomic E-state index is -1.27. The molecule has 0 bridgehead atoms. The molecular formula is C11H17N3O3. The van der Waals surface area contributed by atoms with E-state index in [0.717, 1.165) is 5.69 Å². The number of ether oxygens (including phenoxy) is 1. The van der Waals surface area contributed by atoms with Gasteiger partial charge in [0.15, 0.2) is 6.04 Å². The van der Waals surface area contributed by atoms with E-state index in [1.165, 1.54) is 0 Å². The molecule has 0 spiro atoms. The Morgan fingerprint density at radius 2 is 2.29 bits per heavy atom. The summed E-state index contributed by atoms with van der Waals surface area (Å²) in [5.41, 5.74) is 6.36. The molecule has 0 aliphatic rings. The first-order valence-corrected chi connectivity index (χ1v) is 5.36. The van der Waals surface area contributed by atoms with Crippen molar-refractivity contribution in [1.29, 1.82) is 0 Å². The summed E-state index contributed by atoms with van der Waals surface area (Å²) in [5.74, 6) is -1.25. The van der Waals surface area contributed by atoms with E-state index in [0.29, 0.717) is 6.54 Å². The predicted octanol–water partition coefficient (Wildman–Crippen LogP) is -0.468. The lowest BCUT2D eigenvalue weighted by Crippen LogP contribution is -2.46. The van der Waals surface area contributed by atoms with Crippen LogP contribution in [0.5, 0.6) is 0 Å². The number of hydrogen-bond donors (Lipinski definition) is 2. The average molecular weight is 239 g/mol. The van der Waals surface area contributed by atoms with Crippen molar-refractivity contribution >= 4 is 11.9 Å². The first-order valence-electron chi connectivity index (χ1n) is 5.36. The van der Waals surface area contributed by atoms with Crippen LogP contribution in [0.4, 0.5) is 0 Å². The first kappa shape index (κ1) is 13.2. The average Bonchev–Trinajstić information content (AvgIpc) is 2.71. The van der Waals surface area contributed by atoms with Crippen molar-refractivity contribution in [3.8, 4) is 0 Å². The van der Waals surface area contributed by atoms with Crippen LogP contribution in [-0.2, 0) is 27.9 Å². The van der Waals surface area contributed by atoms with Gasteiger partial charge in [-0.1, -0.05) is 0 Å².